The van der Waals surface area contributed by atoms with Crippen LogP contribution in [0.15, 0.2) is 12.2 Å². The molecule has 11 heavy (non-hydrogen) atoms. The summed E-state index contributed by atoms with van der Waals surface area (Å²) in [6.07, 6.45) is 5.46. The molecule has 0 heterocycles. The summed E-state index contributed by atoms with van der Waals surface area (Å²) in [4.78, 5) is 0. The van der Waals surface area contributed by atoms with Gasteiger partial charge < -0.3 is 0 Å². The van der Waals surface area contributed by atoms with Gasteiger partial charge in [0, 0.05) is 6.42 Å². The molecule has 0 amide bonds. The van der Waals surface area contributed by atoms with Crippen molar-refractivity contribution in [3.63, 3.8) is 0 Å². The molecule has 0 saturated carbocycles. The maximum Gasteiger partial charge on any atom is 0.266 e. The summed E-state index contributed by atoms with van der Waals surface area (Å²) in [6.45, 7) is 1.90. The van der Waals surface area contributed by atoms with Crippen LogP contribution < -0.4 is 0 Å². The van der Waals surface area contributed by atoms with E-state index < -0.39 is 5.92 Å². The number of rotatable bonds is 0. The maximum atomic E-state index is 12.8. The highest BCUT2D eigenvalue weighted by Crippen LogP contribution is 2.29. The molecule has 0 nitrogen and oxygen atoms in total. The molecule has 1 unspecified atom stereocenters. The standard InChI is InChI=1S/C9H14F2/c1-8-5-3-2-4-6-9(10,11)7-8/h4,6,8H,2-3,5,7H2,1H3/b6-4-. The minimum absolute atomic E-state index is 0.0174. The average Bonchev–Trinajstić information content (AvgIpc) is 1.82. The third-order valence-corrected chi connectivity index (χ3v) is 2.05. The predicted octanol–water partition coefficient (Wildman–Crippen LogP) is 3.39. The van der Waals surface area contributed by atoms with Crippen molar-refractivity contribution in [1.82, 2.24) is 0 Å². The van der Waals surface area contributed by atoms with Crippen LogP contribution >= 0.6 is 0 Å². The largest absolute Gasteiger partial charge is 0.266 e. The third kappa shape index (κ3) is 3.00. The maximum absolute atomic E-state index is 12.8. The van der Waals surface area contributed by atoms with E-state index in [-0.39, 0.29) is 12.3 Å². The third-order valence-electron chi connectivity index (χ3n) is 2.05. The number of allylic oxidation sites excluding steroid dienone is 2. The fourth-order valence-corrected chi connectivity index (χ4v) is 1.47. The zero-order valence-electron chi connectivity index (χ0n) is 6.82. The lowest BCUT2D eigenvalue weighted by molar-refractivity contribution is 0.0269. The summed E-state index contributed by atoms with van der Waals surface area (Å²) in [5.41, 5.74) is 0. The van der Waals surface area contributed by atoms with Crippen LogP contribution in [0, 0.1) is 5.92 Å². The molecule has 0 radical (unpaired) electrons. The molecule has 0 bridgehead atoms. The van der Waals surface area contributed by atoms with E-state index in [0.717, 1.165) is 25.3 Å². The average molecular weight is 160 g/mol. The van der Waals surface area contributed by atoms with E-state index in [1.54, 1.807) is 6.08 Å². The highest BCUT2D eigenvalue weighted by molar-refractivity contribution is 4.96. The molecule has 0 aromatic carbocycles. The molecule has 1 rings (SSSR count). The first-order valence-electron chi connectivity index (χ1n) is 4.16. The van der Waals surface area contributed by atoms with Gasteiger partial charge in [-0.25, -0.2) is 8.78 Å². The van der Waals surface area contributed by atoms with Crippen molar-refractivity contribution in [2.24, 2.45) is 5.92 Å². The summed E-state index contributed by atoms with van der Waals surface area (Å²) in [5, 5.41) is 0. The van der Waals surface area contributed by atoms with E-state index in [0.29, 0.717) is 0 Å². The molecule has 2 heteroatoms. The molecule has 1 atom stereocenters. The molecule has 1 aliphatic rings. The van der Waals surface area contributed by atoms with Crippen LogP contribution in [0.3, 0.4) is 0 Å². The lowest BCUT2D eigenvalue weighted by Crippen LogP contribution is -2.17. The van der Waals surface area contributed by atoms with Gasteiger partial charge in [0.25, 0.3) is 5.92 Å². The predicted molar refractivity (Wildman–Crippen MR) is 41.7 cm³/mol. The quantitative estimate of drug-likeness (QED) is 0.476. The minimum Gasteiger partial charge on any atom is -0.202 e. The molecular weight excluding hydrogens is 146 g/mol. The summed E-state index contributed by atoms with van der Waals surface area (Å²) in [5.74, 6) is -2.39. The van der Waals surface area contributed by atoms with Gasteiger partial charge >= 0.3 is 0 Å². The molecule has 64 valence electrons. The number of halogens is 2. The molecule has 0 fully saturated rings. The van der Waals surface area contributed by atoms with E-state index in [1.165, 1.54) is 0 Å². The molecule has 1 aliphatic carbocycles. The SMILES string of the molecule is CC1CCC/C=C\C(F)(F)C1. The van der Waals surface area contributed by atoms with Gasteiger partial charge in [-0.2, -0.15) is 0 Å². The van der Waals surface area contributed by atoms with Crippen molar-refractivity contribution in [1.29, 1.82) is 0 Å². The van der Waals surface area contributed by atoms with Gasteiger partial charge in [0.2, 0.25) is 0 Å². The molecule has 0 aliphatic heterocycles. The van der Waals surface area contributed by atoms with E-state index in [2.05, 4.69) is 0 Å². The van der Waals surface area contributed by atoms with Gasteiger partial charge in [-0.3, -0.25) is 0 Å². The Morgan fingerprint density at radius 2 is 2.18 bits per heavy atom. The first-order valence-corrected chi connectivity index (χ1v) is 4.16. The van der Waals surface area contributed by atoms with Crippen LogP contribution in [-0.4, -0.2) is 5.92 Å². The monoisotopic (exact) mass is 160 g/mol. The highest BCUT2D eigenvalue weighted by Gasteiger charge is 2.28. The van der Waals surface area contributed by atoms with E-state index >= 15 is 0 Å². The second-order valence-electron chi connectivity index (χ2n) is 3.40. The second kappa shape index (κ2) is 3.33. The first-order chi connectivity index (χ1) is 5.10. The Hall–Kier alpha value is -0.400. The molecule has 0 spiro atoms. The molecule has 0 saturated heterocycles. The first kappa shape index (κ1) is 8.69. The van der Waals surface area contributed by atoms with Gasteiger partial charge in [0.1, 0.15) is 0 Å². The van der Waals surface area contributed by atoms with Gasteiger partial charge in [0.05, 0.1) is 0 Å². The topological polar surface area (TPSA) is 0 Å². The van der Waals surface area contributed by atoms with Crippen molar-refractivity contribution < 1.29 is 8.78 Å². The Kier molecular flexibility index (Phi) is 2.63. The normalized spacial score (nSPS) is 33.9. The Balaban J connectivity index is 2.58. The van der Waals surface area contributed by atoms with Crippen LogP contribution in [0.1, 0.15) is 32.6 Å². The van der Waals surface area contributed by atoms with E-state index in [1.807, 2.05) is 6.92 Å². The smallest absolute Gasteiger partial charge is 0.202 e. The van der Waals surface area contributed by atoms with Gasteiger partial charge in [-0.05, 0) is 24.8 Å². The van der Waals surface area contributed by atoms with E-state index in [9.17, 15) is 8.78 Å². The summed E-state index contributed by atoms with van der Waals surface area (Å²) in [6, 6.07) is 0. The molecular formula is C9H14F2. The number of hydrogen-bond acceptors (Lipinski definition) is 0. The number of hydrogen-bond donors (Lipinski definition) is 0. The van der Waals surface area contributed by atoms with Gasteiger partial charge in [-0.15, -0.1) is 0 Å². The van der Waals surface area contributed by atoms with Crippen molar-refractivity contribution in [3.05, 3.63) is 12.2 Å². The summed E-state index contributed by atoms with van der Waals surface area (Å²) in [7, 11) is 0. The van der Waals surface area contributed by atoms with Crippen LogP contribution in [0.5, 0.6) is 0 Å². The zero-order valence-corrected chi connectivity index (χ0v) is 6.82. The van der Waals surface area contributed by atoms with Crippen molar-refractivity contribution >= 4 is 0 Å². The Bertz CT molecular complexity index is 150. The van der Waals surface area contributed by atoms with Crippen molar-refractivity contribution in [2.45, 2.75) is 38.5 Å². The number of alkyl halides is 2. The second-order valence-corrected chi connectivity index (χ2v) is 3.40. The van der Waals surface area contributed by atoms with Crippen LogP contribution in [0.4, 0.5) is 8.78 Å². The van der Waals surface area contributed by atoms with Crippen molar-refractivity contribution in [2.75, 3.05) is 0 Å². The molecule has 0 aromatic rings. The fourth-order valence-electron chi connectivity index (χ4n) is 1.47. The Morgan fingerprint density at radius 3 is 2.91 bits per heavy atom. The summed E-state index contributed by atoms with van der Waals surface area (Å²) >= 11 is 0. The van der Waals surface area contributed by atoms with Gasteiger partial charge in [-0.1, -0.05) is 19.4 Å². The molecule has 0 aromatic heterocycles. The molecule has 0 N–H and O–H groups in total. The lowest BCUT2D eigenvalue weighted by atomic mass is 9.94. The Labute approximate surface area is 66.3 Å². The van der Waals surface area contributed by atoms with Crippen molar-refractivity contribution in [3.8, 4) is 0 Å². The fraction of sp³-hybridized carbons (Fsp3) is 0.778. The summed E-state index contributed by atoms with van der Waals surface area (Å²) < 4.78 is 25.6. The Morgan fingerprint density at radius 1 is 1.45 bits per heavy atom. The van der Waals surface area contributed by atoms with Crippen LogP contribution in [-0.2, 0) is 0 Å². The lowest BCUT2D eigenvalue weighted by Gasteiger charge is -2.19. The highest BCUT2D eigenvalue weighted by atomic mass is 19.3. The zero-order chi connectivity index (χ0) is 8.32. The minimum atomic E-state index is -2.56. The van der Waals surface area contributed by atoms with Gasteiger partial charge in [0.15, 0.2) is 0 Å². The van der Waals surface area contributed by atoms with E-state index in [4.69, 9.17) is 0 Å². The van der Waals surface area contributed by atoms with Crippen LogP contribution in [0.25, 0.3) is 0 Å². The van der Waals surface area contributed by atoms with Crippen LogP contribution in [0.2, 0.25) is 0 Å².